The zero-order valence-corrected chi connectivity index (χ0v) is 13.3. The molecular weight excluding hydrogens is 311 g/mol. The number of benzene rings is 1. The highest BCUT2D eigenvalue weighted by Crippen LogP contribution is 2.36. The summed E-state index contributed by atoms with van der Waals surface area (Å²) in [6.45, 7) is 0. The lowest BCUT2D eigenvalue weighted by atomic mass is 9.98. The normalized spacial score (nSPS) is 15.3. The fourth-order valence-electron chi connectivity index (χ4n) is 2.84. The number of nitrogens with two attached hydrogens (primary N) is 1. The van der Waals surface area contributed by atoms with E-state index in [-0.39, 0.29) is 6.04 Å². The van der Waals surface area contributed by atoms with Crippen molar-refractivity contribution < 1.29 is 0 Å². The van der Waals surface area contributed by atoms with E-state index in [0.717, 1.165) is 12.0 Å². The SMILES string of the molecule is NNC(Cc1ccc2c(c1)CCC2)c1cc(Cl)sc1Cl. The molecule has 1 aromatic carbocycles. The number of halogens is 2. The molecule has 5 heteroatoms. The van der Waals surface area contributed by atoms with Gasteiger partial charge in [0.05, 0.1) is 14.7 Å². The molecule has 0 amide bonds. The van der Waals surface area contributed by atoms with E-state index >= 15 is 0 Å². The third-order valence-electron chi connectivity index (χ3n) is 3.86. The molecule has 1 aliphatic carbocycles. The first-order chi connectivity index (χ1) is 9.67. The number of rotatable bonds is 4. The van der Waals surface area contributed by atoms with Crippen LogP contribution in [0.5, 0.6) is 0 Å². The Morgan fingerprint density at radius 1 is 1.20 bits per heavy atom. The average Bonchev–Trinajstić information content (AvgIpc) is 3.01. The molecule has 0 bridgehead atoms. The molecule has 1 heterocycles. The molecule has 0 spiro atoms. The Morgan fingerprint density at radius 2 is 2.00 bits per heavy atom. The van der Waals surface area contributed by atoms with Crippen molar-refractivity contribution in [3.8, 4) is 0 Å². The summed E-state index contributed by atoms with van der Waals surface area (Å²) < 4.78 is 1.40. The van der Waals surface area contributed by atoms with Gasteiger partial charge in [-0.15, -0.1) is 11.3 Å². The van der Waals surface area contributed by atoms with Crippen LogP contribution in [0.15, 0.2) is 24.3 Å². The minimum atomic E-state index is -0.00861. The monoisotopic (exact) mass is 326 g/mol. The van der Waals surface area contributed by atoms with Gasteiger partial charge in [0.15, 0.2) is 0 Å². The first-order valence-electron chi connectivity index (χ1n) is 6.69. The van der Waals surface area contributed by atoms with Crippen LogP contribution in [0.1, 0.15) is 34.7 Å². The Labute approximate surface area is 132 Å². The molecule has 0 aliphatic heterocycles. The van der Waals surface area contributed by atoms with E-state index in [1.54, 1.807) is 0 Å². The molecule has 3 N–H and O–H groups in total. The van der Waals surface area contributed by atoms with Gasteiger partial charge in [-0.2, -0.15) is 0 Å². The Morgan fingerprint density at radius 3 is 2.70 bits per heavy atom. The second kappa shape index (κ2) is 6.04. The van der Waals surface area contributed by atoms with Crippen molar-refractivity contribution in [3.05, 3.63) is 55.2 Å². The van der Waals surface area contributed by atoms with Crippen molar-refractivity contribution in [3.63, 3.8) is 0 Å². The van der Waals surface area contributed by atoms with Gasteiger partial charge in [0, 0.05) is 5.56 Å². The Kier molecular flexibility index (Phi) is 4.34. The quantitative estimate of drug-likeness (QED) is 0.649. The van der Waals surface area contributed by atoms with Gasteiger partial charge in [-0.25, -0.2) is 0 Å². The Hall–Kier alpha value is -0.580. The van der Waals surface area contributed by atoms with Crippen molar-refractivity contribution in [2.24, 2.45) is 5.84 Å². The van der Waals surface area contributed by atoms with E-state index in [1.807, 2.05) is 6.07 Å². The summed E-state index contributed by atoms with van der Waals surface area (Å²) in [5.41, 5.74) is 8.08. The molecule has 106 valence electrons. The third-order valence-corrected chi connectivity index (χ3v) is 5.38. The van der Waals surface area contributed by atoms with Crippen molar-refractivity contribution >= 4 is 34.5 Å². The minimum Gasteiger partial charge on any atom is -0.271 e. The standard InChI is InChI=1S/C15H16Cl2N2S/c16-14-8-12(15(17)20-14)13(19-18)7-9-4-5-10-2-1-3-11(10)6-9/h4-6,8,13,19H,1-3,7,18H2. The van der Waals surface area contributed by atoms with Gasteiger partial charge >= 0.3 is 0 Å². The van der Waals surface area contributed by atoms with Gasteiger partial charge in [0.25, 0.3) is 0 Å². The maximum absolute atomic E-state index is 6.22. The molecule has 0 saturated carbocycles. The maximum Gasteiger partial charge on any atom is 0.0992 e. The highest BCUT2D eigenvalue weighted by atomic mass is 35.5. The largest absolute Gasteiger partial charge is 0.271 e. The molecular formula is C15H16Cl2N2S. The van der Waals surface area contributed by atoms with Crippen LogP contribution in [0.3, 0.4) is 0 Å². The zero-order valence-electron chi connectivity index (χ0n) is 11.0. The van der Waals surface area contributed by atoms with Gasteiger partial charge in [0.2, 0.25) is 0 Å². The van der Waals surface area contributed by atoms with Gasteiger partial charge in [-0.1, -0.05) is 41.4 Å². The molecule has 1 aromatic heterocycles. The molecule has 2 aromatic rings. The van der Waals surface area contributed by atoms with Crippen molar-refractivity contribution in [1.29, 1.82) is 0 Å². The van der Waals surface area contributed by atoms with Gasteiger partial charge in [-0.05, 0) is 48.4 Å². The van der Waals surface area contributed by atoms with Gasteiger partial charge < -0.3 is 0 Å². The third kappa shape index (κ3) is 2.87. The number of nitrogens with one attached hydrogen (secondary N) is 1. The Bertz CT molecular complexity index is 624. The number of hydrazine groups is 1. The summed E-state index contributed by atoms with van der Waals surface area (Å²) in [4.78, 5) is 0. The fourth-order valence-corrected chi connectivity index (χ4v) is 4.42. The second-order valence-corrected chi connectivity index (χ2v) is 7.45. The first kappa shape index (κ1) is 14.4. The average molecular weight is 327 g/mol. The maximum atomic E-state index is 6.22. The smallest absolute Gasteiger partial charge is 0.0992 e. The lowest BCUT2D eigenvalue weighted by Crippen LogP contribution is -2.29. The minimum absolute atomic E-state index is 0.00861. The van der Waals surface area contributed by atoms with Gasteiger partial charge in [0.1, 0.15) is 0 Å². The second-order valence-electron chi connectivity index (χ2n) is 5.16. The molecule has 1 aliphatic rings. The molecule has 0 saturated heterocycles. The summed E-state index contributed by atoms with van der Waals surface area (Å²) in [5.74, 6) is 5.70. The number of thiophene rings is 1. The number of fused-ring (bicyclic) bond motifs is 1. The zero-order chi connectivity index (χ0) is 14.1. The summed E-state index contributed by atoms with van der Waals surface area (Å²) in [6, 6.07) is 8.62. The molecule has 0 radical (unpaired) electrons. The molecule has 0 fully saturated rings. The molecule has 1 atom stereocenters. The van der Waals surface area contributed by atoms with E-state index in [1.165, 1.54) is 47.3 Å². The van der Waals surface area contributed by atoms with Crippen LogP contribution >= 0.6 is 34.5 Å². The predicted molar refractivity (Wildman–Crippen MR) is 86.6 cm³/mol. The Balaban J connectivity index is 1.83. The number of hydrogen-bond acceptors (Lipinski definition) is 3. The van der Waals surface area contributed by atoms with Crippen LogP contribution in [-0.4, -0.2) is 0 Å². The van der Waals surface area contributed by atoms with Gasteiger partial charge in [-0.3, -0.25) is 11.3 Å². The summed E-state index contributed by atoms with van der Waals surface area (Å²) in [7, 11) is 0. The lowest BCUT2D eigenvalue weighted by molar-refractivity contribution is 0.553. The highest BCUT2D eigenvalue weighted by molar-refractivity contribution is 7.20. The van der Waals surface area contributed by atoms with Crippen molar-refractivity contribution in [2.45, 2.75) is 31.7 Å². The molecule has 1 unspecified atom stereocenters. The van der Waals surface area contributed by atoms with E-state index in [2.05, 4.69) is 23.6 Å². The van der Waals surface area contributed by atoms with Crippen LogP contribution in [0.2, 0.25) is 8.67 Å². The van der Waals surface area contributed by atoms with Crippen molar-refractivity contribution in [1.82, 2.24) is 5.43 Å². The van der Waals surface area contributed by atoms with Crippen molar-refractivity contribution in [2.75, 3.05) is 0 Å². The van der Waals surface area contributed by atoms with E-state index < -0.39 is 0 Å². The van der Waals surface area contributed by atoms with Crippen LogP contribution in [0, 0.1) is 0 Å². The van der Waals surface area contributed by atoms with E-state index in [4.69, 9.17) is 29.0 Å². The van der Waals surface area contributed by atoms with E-state index in [0.29, 0.717) is 8.67 Å². The molecule has 2 nitrogen and oxygen atoms in total. The fraction of sp³-hybridized carbons (Fsp3) is 0.333. The lowest BCUT2D eigenvalue weighted by Gasteiger charge is -2.16. The number of hydrogen-bond donors (Lipinski definition) is 2. The van der Waals surface area contributed by atoms with Crippen LogP contribution in [-0.2, 0) is 19.3 Å². The summed E-state index contributed by atoms with van der Waals surface area (Å²) in [5, 5.41) is 0. The highest BCUT2D eigenvalue weighted by Gasteiger charge is 2.18. The van der Waals surface area contributed by atoms with Crippen LogP contribution in [0.4, 0.5) is 0 Å². The van der Waals surface area contributed by atoms with E-state index in [9.17, 15) is 0 Å². The topological polar surface area (TPSA) is 38.0 Å². The summed E-state index contributed by atoms with van der Waals surface area (Å²) in [6.07, 6.45) is 4.48. The number of aryl methyl sites for hydroxylation is 2. The van der Waals surface area contributed by atoms with Crippen LogP contribution < -0.4 is 11.3 Å². The molecule has 20 heavy (non-hydrogen) atoms. The first-order valence-corrected chi connectivity index (χ1v) is 8.26. The predicted octanol–water partition coefficient (Wildman–Crippen LogP) is 4.29. The van der Waals surface area contributed by atoms with Crippen LogP contribution in [0.25, 0.3) is 0 Å². The summed E-state index contributed by atoms with van der Waals surface area (Å²) >= 11 is 13.6. The molecule has 3 rings (SSSR count).